The SMILES string of the molecule is C[C@@H]1c2c(C(F)(F)F)nn(CC(=O)N[C@@H](Cc3cc(F)cc(F)c3)c3nc4nc(NCCN5CCOCC5)sc4cc3-c3cccc4c(NS(C)(=O)=O)nn(C)c34)c2C(F)(F)[C@@H]1C. The first-order valence-electron chi connectivity index (χ1n) is 19.8. The van der Waals surface area contributed by atoms with Crippen molar-refractivity contribution in [3.63, 3.8) is 0 Å². The van der Waals surface area contributed by atoms with Gasteiger partial charge in [-0.05, 0) is 42.2 Å². The van der Waals surface area contributed by atoms with Gasteiger partial charge in [0, 0.05) is 67.3 Å². The third-order valence-corrected chi connectivity index (χ3v) is 12.8. The summed E-state index contributed by atoms with van der Waals surface area (Å²) < 4.78 is 138. The number of thiazole rings is 1. The lowest BCUT2D eigenvalue weighted by Gasteiger charge is -2.26. The van der Waals surface area contributed by atoms with Crippen LogP contribution in [-0.2, 0) is 51.7 Å². The van der Waals surface area contributed by atoms with Crippen LogP contribution in [0, 0.1) is 17.6 Å². The number of anilines is 2. The highest BCUT2D eigenvalue weighted by molar-refractivity contribution is 7.92. The molecule has 5 heterocycles. The van der Waals surface area contributed by atoms with Crippen molar-refractivity contribution < 1.29 is 48.7 Å². The Balaban J connectivity index is 1.25. The molecule has 6 aromatic rings. The van der Waals surface area contributed by atoms with E-state index in [0.717, 1.165) is 38.4 Å². The molecule has 1 saturated heterocycles. The van der Waals surface area contributed by atoms with E-state index in [0.29, 0.717) is 68.9 Å². The number of amides is 1. The van der Waals surface area contributed by atoms with Crippen molar-refractivity contribution in [1.29, 1.82) is 0 Å². The van der Waals surface area contributed by atoms with Gasteiger partial charge in [0.1, 0.15) is 23.9 Å². The van der Waals surface area contributed by atoms with Crippen molar-refractivity contribution in [2.45, 2.75) is 50.9 Å². The summed E-state index contributed by atoms with van der Waals surface area (Å²) in [6.07, 6.45) is -4.49. The zero-order valence-corrected chi connectivity index (χ0v) is 35.8. The molecule has 63 heavy (non-hydrogen) atoms. The number of hydrogen-bond donors (Lipinski definition) is 3. The number of ether oxygens (including phenoxy) is 1. The molecule has 0 radical (unpaired) electrons. The molecule has 1 aliphatic heterocycles. The number of nitrogens with zero attached hydrogens (tertiary/aromatic N) is 7. The number of hydrogen-bond acceptors (Lipinski definition) is 11. The molecule has 1 amide bonds. The fraction of sp³-hybridized carbons (Fsp3) is 0.425. The highest BCUT2D eigenvalue weighted by Crippen LogP contribution is 2.55. The van der Waals surface area contributed by atoms with Crippen LogP contribution >= 0.6 is 11.3 Å². The first-order valence-corrected chi connectivity index (χ1v) is 22.5. The normalized spacial score (nSPS) is 18.5. The molecule has 2 aromatic carbocycles. The Morgan fingerprint density at radius 2 is 1.75 bits per heavy atom. The van der Waals surface area contributed by atoms with Crippen molar-refractivity contribution >= 4 is 59.5 Å². The number of pyridine rings is 1. The van der Waals surface area contributed by atoms with Crippen LogP contribution in [0.4, 0.5) is 41.7 Å². The van der Waals surface area contributed by atoms with Crippen LogP contribution in [0.1, 0.15) is 54.0 Å². The Morgan fingerprint density at radius 1 is 1.03 bits per heavy atom. The Labute approximate surface area is 359 Å². The summed E-state index contributed by atoms with van der Waals surface area (Å²) in [7, 11) is -2.21. The average Bonchev–Trinajstić information content (AvgIpc) is 3.92. The lowest BCUT2D eigenvalue weighted by molar-refractivity contribution is -0.143. The Kier molecular flexibility index (Phi) is 11.7. The molecule has 0 spiro atoms. The van der Waals surface area contributed by atoms with Gasteiger partial charge in [-0.1, -0.05) is 37.3 Å². The number of carbonyl (C=O) groups is 1. The maximum Gasteiger partial charge on any atom is 0.435 e. The van der Waals surface area contributed by atoms with Gasteiger partial charge in [-0.15, -0.1) is 0 Å². The summed E-state index contributed by atoms with van der Waals surface area (Å²) in [5, 5.41) is 14.8. The van der Waals surface area contributed by atoms with E-state index in [1.807, 2.05) is 0 Å². The first-order chi connectivity index (χ1) is 29.7. The Morgan fingerprint density at radius 3 is 2.43 bits per heavy atom. The van der Waals surface area contributed by atoms with Gasteiger partial charge in [0.05, 0.1) is 41.4 Å². The molecule has 0 bridgehead atoms. The Bertz CT molecular complexity index is 2820. The topological polar surface area (TPSA) is 161 Å². The van der Waals surface area contributed by atoms with Gasteiger partial charge in [0.15, 0.2) is 22.3 Å². The molecule has 0 saturated carbocycles. The van der Waals surface area contributed by atoms with Crippen LogP contribution in [0.3, 0.4) is 0 Å². The van der Waals surface area contributed by atoms with Crippen LogP contribution in [0.25, 0.3) is 32.4 Å². The van der Waals surface area contributed by atoms with Gasteiger partial charge < -0.3 is 15.4 Å². The summed E-state index contributed by atoms with van der Waals surface area (Å²) in [4.78, 5) is 26.0. The van der Waals surface area contributed by atoms with Crippen molar-refractivity contribution in [3.8, 4) is 11.1 Å². The van der Waals surface area contributed by atoms with Gasteiger partial charge >= 0.3 is 6.18 Å². The van der Waals surface area contributed by atoms with Crippen molar-refractivity contribution in [2.24, 2.45) is 13.0 Å². The molecule has 14 nitrogen and oxygen atoms in total. The first kappa shape index (κ1) is 44.2. The molecule has 3 atom stereocenters. The van der Waals surface area contributed by atoms with Crippen LogP contribution < -0.4 is 15.4 Å². The smallest absolute Gasteiger partial charge is 0.379 e. The number of aryl methyl sites for hydroxylation is 1. The minimum atomic E-state index is -5.11. The highest BCUT2D eigenvalue weighted by atomic mass is 32.2. The number of nitrogens with one attached hydrogen (secondary N) is 3. The van der Waals surface area contributed by atoms with Gasteiger partial charge in [0.2, 0.25) is 15.9 Å². The van der Waals surface area contributed by atoms with Crippen molar-refractivity contribution in [1.82, 2.24) is 39.7 Å². The lowest BCUT2D eigenvalue weighted by atomic mass is 9.94. The fourth-order valence-electron chi connectivity index (χ4n) is 8.30. The second-order valence-electron chi connectivity index (χ2n) is 15.8. The summed E-state index contributed by atoms with van der Waals surface area (Å²) in [5.41, 5.74) is -1.73. The molecular formula is C40H41F7N10O4S2. The van der Waals surface area contributed by atoms with E-state index in [2.05, 4.69) is 30.5 Å². The molecular weight excluding hydrogens is 882 g/mol. The van der Waals surface area contributed by atoms with Crippen molar-refractivity contribution in [2.75, 3.05) is 55.7 Å². The summed E-state index contributed by atoms with van der Waals surface area (Å²) in [6.45, 7) is 5.29. The highest BCUT2D eigenvalue weighted by Gasteiger charge is 2.57. The summed E-state index contributed by atoms with van der Waals surface area (Å²) in [6, 6.07) is 8.09. The monoisotopic (exact) mass is 922 g/mol. The fourth-order valence-corrected chi connectivity index (χ4v) is 9.68. The predicted molar refractivity (Wildman–Crippen MR) is 221 cm³/mol. The number of carbonyl (C=O) groups excluding carboxylic acids is 1. The number of benzene rings is 2. The van der Waals surface area contributed by atoms with E-state index in [9.17, 15) is 35.2 Å². The average molecular weight is 923 g/mol. The molecule has 3 N–H and O–H groups in total. The molecule has 1 fully saturated rings. The predicted octanol–water partition coefficient (Wildman–Crippen LogP) is 6.80. The third kappa shape index (κ3) is 8.92. The van der Waals surface area contributed by atoms with E-state index in [-0.39, 0.29) is 29.1 Å². The number of halogens is 7. The molecule has 23 heteroatoms. The molecule has 2 aliphatic rings. The van der Waals surface area contributed by atoms with E-state index in [4.69, 9.17) is 14.7 Å². The summed E-state index contributed by atoms with van der Waals surface area (Å²) in [5.74, 6) is -9.46. The maximum atomic E-state index is 15.7. The third-order valence-electron chi connectivity index (χ3n) is 11.3. The molecule has 4 aromatic heterocycles. The second kappa shape index (κ2) is 16.6. The second-order valence-corrected chi connectivity index (χ2v) is 18.5. The minimum absolute atomic E-state index is 0.0162. The minimum Gasteiger partial charge on any atom is -0.379 e. The van der Waals surface area contributed by atoms with Crippen LogP contribution in [0.2, 0.25) is 0 Å². The van der Waals surface area contributed by atoms with Gasteiger partial charge in [-0.3, -0.25) is 23.8 Å². The van der Waals surface area contributed by atoms with Gasteiger partial charge in [0.25, 0.3) is 5.92 Å². The quantitative estimate of drug-likeness (QED) is 0.105. The maximum absolute atomic E-state index is 15.7. The van der Waals surface area contributed by atoms with E-state index in [1.54, 1.807) is 31.3 Å². The summed E-state index contributed by atoms with van der Waals surface area (Å²) >= 11 is 1.27. The Hall–Kier alpha value is -5.39. The number of aromatic nitrogens is 6. The van der Waals surface area contributed by atoms with Crippen LogP contribution in [0.15, 0.2) is 42.5 Å². The lowest BCUT2D eigenvalue weighted by Crippen LogP contribution is -2.38. The zero-order chi connectivity index (χ0) is 45.2. The number of morpholine rings is 1. The van der Waals surface area contributed by atoms with E-state index >= 15 is 8.78 Å². The van der Waals surface area contributed by atoms with Crippen LogP contribution in [0.5, 0.6) is 0 Å². The van der Waals surface area contributed by atoms with E-state index in [1.165, 1.54) is 22.9 Å². The number of para-hydroxylation sites is 1. The zero-order valence-electron chi connectivity index (χ0n) is 34.2. The molecule has 8 rings (SSSR count). The van der Waals surface area contributed by atoms with Gasteiger partial charge in [-0.25, -0.2) is 27.2 Å². The number of sulfonamides is 1. The number of fused-ring (bicyclic) bond motifs is 3. The molecule has 336 valence electrons. The van der Waals surface area contributed by atoms with E-state index < -0.39 is 81.0 Å². The molecule has 1 aliphatic carbocycles. The number of alkyl halides is 5. The molecule has 0 unspecified atom stereocenters. The largest absolute Gasteiger partial charge is 0.435 e. The van der Waals surface area contributed by atoms with Crippen LogP contribution in [-0.4, -0.2) is 94.4 Å². The number of rotatable bonds is 13. The van der Waals surface area contributed by atoms with Gasteiger partial charge in [-0.2, -0.15) is 32.1 Å². The standard InChI is InChI=1S/C40H41F7N10O4S2/c1-20-21(2)39(43,44)35-31(20)34(40(45,46)47)52-57(35)19-30(58)49-28(16-22-14-23(41)17-24(42)15-22)32-27(25-6-5-7-26-33(25)55(3)53-36(26)54-63(4,59)60)18-29-37(50-32)51-38(62-29)48-8-9-56-10-12-61-13-11-56/h5-7,14-15,17-18,20-21,28H,8-13,16,19H2,1-4H3,(H,49,58)(H,53,54)(H,48,50,51)/t20-,21+,28-/m0/s1. The van der Waals surface area contributed by atoms with Crippen molar-refractivity contribution in [3.05, 3.63) is 82.3 Å².